The summed E-state index contributed by atoms with van der Waals surface area (Å²) < 4.78 is 23.9. The maximum atomic E-state index is 11.3. The van der Waals surface area contributed by atoms with E-state index in [9.17, 15) is 19.0 Å². The molecule has 1 aromatic carbocycles. The molecule has 0 fully saturated rings. The van der Waals surface area contributed by atoms with Gasteiger partial charge in [0.05, 0.1) is 25.3 Å². The number of ether oxygens (including phenoxy) is 2. The first-order valence-corrected chi connectivity index (χ1v) is 5.91. The second kappa shape index (κ2) is 8.35. The molecule has 0 saturated carbocycles. The molecule has 19 heavy (non-hydrogen) atoms. The van der Waals surface area contributed by atoms with Gasteiger partial charge in [-0.15, -0.1) is 0 Å². The number of benzene rings is 1. The molecule has 1 atom stereocenters. The predicted molar refractivity (Wildman–Crippen MR) is 58.8 cm³/mol. The van der Waals surface area contributed by atoms with Gasteiger partial charge in [-0.25, -0.2) is 9.59 Å². The minimum Gasteiger partial charge on any atom is -0.771 e. The van der Waals surface area contributed by atoms with Crippen molar-refractivity contribution in [3.8, 4) is 5.75 Å². The summed E-state index contributed by atoms with van der Waals surface area (Å²) in [6, 6.07) is 3.52. The Morgan fingerprint density at radius 1 is 1.05 bits per heavy atom. The van der Waals surface area contributed by atoms with E-state index in [0.29, 0.717) is 0 Å². The van der Waals surface area contributed by atoms with Crippen molar-refractivity contribution in [2.75, 3.05) is 14.2 Å². The predicted octanol–water partition coefficient (Wildman–Crippen LogP) is -2.61. The van der Waals surface area contributed by atoms with Crippen LogP contribution < -0.4 is 39.0 Å². The van der Waals surface area contributed by atoms with Crippen LogP contribution in [0.1, 0.15) is 20.7 Å². The van der Waals surface area contributed by atoms with Crippen molar-refractivity contribution >= 4 is 20.2 Å². The Hall–Kier alpha value is -0.850. The van der Waals surface area contributed by atoms with E-state index in [2.05, 4.69) is 14.0 Å². The van der Waals surface area contributed by atoms with Gasteiger partial charge in [0.1, 0.15) is 5.75 Å². The van der Waals surface area contributed by atoms with Gasteiger partial charge in [0.25, 0.3) is 0 Å². The molecule has 0 aliphatic rings. The van der Waals surface area contributed by atoms with E-state index >= 15 is 0 Å². The van der Waals surface area contributed by atoms with Gasteiger partial charge in [0.2, 0.25) is 0 Å². The topological polar surface area (TPSA) is 102 Å². The molecule has 0 heterocycles. The summed E-state index contributed by atoms with van der Waals surface area (Å²) in [7, 11) is -1.17. The number of hydrogen-bond donors (Lipinski definition) is 0. The third-order valence-electron chi connectivity index (χ3n) is 1.95. The molecular weight excluding hydrogens is 286 g/mol. The molecule has 0 bridgehead atoms. The smallest absolute Gasteiger partial charge is 0.771 e. The van der Waals surface area contributed by atoms with Crippen molar-refractivity contribution in [1.29, 1.82) is 0 Å². The van der Waals surface area contributed by atoms with Crippen LogP contribution in [0.3, 0.4) is 0 Å². The van der Waals surface area contributed by atoms with Crippen LogP contribution in [0.2, 0.25) is 0 Å². The number of methoxy groups -OCH3 is 2. The molecule has 0 amide bonds. The van der Waals surface area contributed by atoms with Crippen molar-refractivity contribution in [3.63, 3.8) is 0 Å². The number of carbonyl (C=O) groups is 2. The van der Waals surface area contributed by atoms with Crippen LogP contribution in [0, 0.1) is 0 Å². The first kappa shape index (κ1) is 18.1. The normalized spacial score (nSPS) is 10.9. The van der Waals surface area contributed by atoms with Crippen LogP contribution >= 0.6 is 8.25 Å². The van der Waals surface area contributed by atoms with Crippen molar-refractivity contribution in [2.45, 2.75) is 0 Å². The van der Waals surface area contributed by atoms with Gasteiger partial charge in [-0.2, -0.15) is 0 Å². The van der Waals surface area contributed by atoms with Gasteiger partial charge in [-0.3, -0.25) is 4.57 Å². The van der Waals surface area contributed by atoms with Crippen LogP contribution in [0.4, 0.5) is 0 Å². The number of hydrogen-bond acceptors (Lipinski definition) is 7. The van der Waals surface area contributed by atoms with Crippen molar-refractivity contribution in [1.82, 2.24) is 0 Å². The molecule has 9 heteroatoms. The minimum absolute atomic E-state index is 0. The zero-order valence-corrected chi connectivity index (χ0v) is 13.6. The Bertz CT molecular complexity index is 468. The first-order chi connectivity index (χ1) is 8.47. The number of rotatable bonds is 4. The third-order valence-corrected chi connectivity index (χ3v) is 2.35. The summed E-state index contributed by atoms with van der Waals surface area (Å²) in [5.74, 6) is -1.61. The van der Waals surface area contributed by atoms with Crippen molar-refractivity contribution in [3.05, 3.63) is 29.3 Å². The molecule has 1 rings (SSSR count). The van der Waals surface area contributed by atoms with Crippen LogP contribution in [0.15, 0.2) is 18.2 Å². The van der Waals surface area contributed by atoms with Crippen LogP contribution in [0.25, 0.3) is 0 Å². The maximum absolute atomic E-state index is 11.3. The quantitative estimate of drug-likeness (QED) is 0.341. The molecular formula is C10H10NaO7P. The molecule has 7 nitrogen and oxygen atoms in total. The monoisotopic (exact) mass is 296 g/mol. The van der Waals surface area contributed by atoms with E-state index in [1.165, 1.54) is 6.07 Å². The summed E-state index contributed by atoms with van der Waals surface area (Å²) in [5, 5.41) is 0. The van der Waals surface area contributed by atoms with E-state index in [1.807, 2.05) is 0 Å². The van der Waals surface area contributed by atoms with Crippen LogP contribution in [0.5, 0.6) is 5.75 Å². The molecule has 1 unspecified atom stereocenters. The van der Waals surface area contributed by atoms with Gasteiger partial charge in [-0.05, 0) is 18.2 Å². The minimum atomic E-state index is -3.49. The fourth-order valence-electron chi connectivity index (χ4n) is 1.23. The van der Waals surface area contributed by atoms with Crippen LogP contribution in [-0.2, 0) is 14.0 Å². The summed E-state index contributed by atoms with van der Waals surface area (Å²) in [4.78, 5) is 33.2. The molecule has 0 aliphatic heterocycles. The Balaban J connectivity index is 0.00000324. The molecule has 0 radical (unpaired) electrons. The van der Waals surface area contributed by atoms with Gasteiger partial charge in [0, 0.05) is 0 Å². The zero-order chi connectivity index (χ0) is 13.7. The fraction of sp³-hybridized carbons (Fsp3) is 0.200. The van der Waals surface area contributed by atoms with Crippen LogP contribution in [-0.4, -0.2) is 26.2 Å². The SMILES string of the molecule is COC(=O)c1cc(O[PH](=O)[O-])cc(C(=O)OC)c1.[Na+]. The number of carbonyl (C=O) groups excluding carboxylic acids is 2. The molecule has 0 aromatic heterocycles. The van der Waals surface area contributed by atoms with E-state index in [-0.39, 0.29) is 46.4 Å². The summed E-state index contributed by atoms with van der Waals surface area (Å²) in [6.45, 7) is 0. The summed E-state index contributed by atoms with van der Waals surface area (Å²) in [6.07, 6.45) is 0. The van der Waals surface area contributed by atoms with Gasteiger partial charge in [-0.1, -0.05) is 0 Å². The van der Waals surface area contributed by atoms with E-state index in [4.69, 9.17) is 0 Å². The third kappa shape index (κ3) is 5.34. The molecule has 0 spiro atoms. The average molecular weight is 296 g/mol. The Morgan fingerprint density at radius 3 is 1.79 bits per heavy atom. The fourth-order valence-corrected chi connectivity index (χ4v) is 1.54. The molecule has 1 aromatic rings. The first-order valence-electron chi connectivity index (χ1n) is 4.68. The van der Waals surface area contributed by atoms with E-state index in [1.54, 1.807) is 0 Å². The Kier molecular flexibility index (Phi) is 7.97. The Morgan fingerprint density at radius 2 is 1.47 bits per heavy atom. The largest absolute Gasteiger partial charge is 1.00 e. The van der Waals surface area contributed by atoms with E-state index < -0.39 is 20.2 Å². The van der Waals surface area contributed by atoms with Crippen molar-refractivity contribution < 1.29 is 62.6 Å². The molecule has 0 N–H and O–H groups in total. The van der Waals surface area contributed by atoms with Gasteiger partial charge >= 0.3 is 41.5 Å². The molecule has 98 valence electrons. The van der Waals surface area contributed by atoms with Gasteiger partial charge in [0.15, 0.2) is 8.25 Å². The summed E-state index contributed by atoms with van der Waals surface area (Å²) in [5.41, 5.74) is -0.0303. The van der Waals surface area contributed by atoms with Crippen molar-refractivity contribution in [2.24, 2.45) is 0 Å². The standard InChI is InChI=1S/C10H11O7P.Na/c1-15-9(11)6-3-7(10(12)16-2)5-8(4-6)17-18(13)14;/h3-5,18H,1-2H3,(H,13,14);/q;+1/p-1. The molecule has 0 aliphatic carbocycles. The second-order valence-electron chi connectivity index (χ2n) is 3.08. The van der Waals surface area contributed by atoms with E-state index in [0.717, 1.165) is 26.4 Å². The summed E-state index contributed by atoms with van der Waals surface area (Å²) >= 11 is 0. The average Bonchev–Trinajstić information content (AvgIpc) is 2.35. The molecule has 0 saturated heterocycles. The second-order valence-corrected chi connectivity index (χ2v) is 3.79. The number of esters is 2. The van der Waals surface area contributed by atoms with Gasteiger partial charge < -0.3 is 18.9 Å². The zero-order valence-electron chi connectivity index (χ0n) is 10.6. The Labute approximate surface area is 132 Å². The maximum Gasteiger partial charge on any atom is 1.00 e.